The van der Waals surface area contributed by atoms with E-state index in [2.05, 4.69) is 36.8 Å². The van der Waals surface area contributed by atoms with E-state index in [1.165, 1.54) is 12.1 Å². The number of benzene rings is 1. The van der Waals surface area contributed by atoms with Gasteiger partial charge in [-0.05, 0) is 37.9 Å². The fourth-order valence-electron chi connectivity index (χ4n) is 1.15. The Morgan fingerprint density at radius 1 is 1.18 bits per heavy atom. The Morgan fingerprint density at radius 3 is 2.65 bits per heavy atom. The summed E-state index contributed by atoms with van der Waals surface area (Å²) < 4.78 is 20.1. The molecule has 2 rings (SSSR count). The Morgan fingerprint density at radius 2 is 1.94 bits per heavy atom. The average molecular weight is 381 g/mol. The van der Waals surface area contributed by atoms with Crippen LogP contribution in [0.15, 0.2) is 39.5 Å². The number of pyridine rings is 1. The quantitative estimate of drug-likeness (QED) is 0.668. The van der Waals surface area contributed by atoms with Gasteiger partial charge in [0.2, 0.25) is 0 Å². The molecule has 17 heavy (non-hydrogen) atoms. The lowest BCUT2D eigenvalue weighted by Crippen LogP contribution is -1.89. The van der Waals surface area contributed by atoms with Crippen molar-refractivity contribution in [1.82, 2.24) is 4.98 Å². The minimum Gasteiger partial charge on any atom is -0.455 e. The number of nitrogens with zero attached hydrogens (tertiary/aromatic N) is 1. The third-order valence-electron chi connectivity index (χ3n) is 1.93. The van der Waals surface area contributed by atoms with Crippen LogP contribution in [0.3, 0.4) is 0 Å². The Labute approximate surface area is 119 Å². The van der Waals surface area contributed by atoms with Gasteiger partial charge < -0.3 is 4.74 Å². The zero-order valence-corrected chi connectivity index (χ0v) is 12.2. The molecule has 0 radical (unpaired) electrons. The highest BCUT2D eigenvalue weighted by Crippen LogP contribution is 2.35. The molecular weight excluding hydrogens is 376 g/mol. The average Bonchev–Trinajstić information content (AvgIpc) is 2.29. The summed E-state index contributed by atoms with van der Waals surface area (Å²) in [5, 5.41) is 0.0398. The van der Waals surface area contributed by atoms with E-state index < -0.39 is 5.82 Å². The van der Waals surface area contributed by atoms with Crippen LogP contribution < -0.4 is 4.74 Å². The normalized spacial score (nSPS) is 10.4. The number of hydrogen-bond donors (Lipinski definition) is 0. The summed E-state index contributed by atoms with van der Waals surface area (Å²) in [4.78, 5) is 3.91. The van der Waals surface area contributed by atoms with E-state index in [1.807, 2.05) is 0 Å². The van der Waals surface area contributed by atoms with Crippen molar-refractivity contribution in [3.8, 4) is 11.5 Å². The maximum Gasteiger partial charge on any atom is 0.145 e. The number of rotatable bonds is 2. The van der Waals surface area contributed by atoms with Gasteiger partial charge in [0.05, 0.1) is 14.0 Å². The van der Waals surface area contributed by atoms with Crippen LogP contribution in [0.25, 0.3) is 0 Å². The topological polar surface area (TPSA) is 22.1 Å². The van der Waals surface area contributed by atoms with Crippen molar-refractivity contribution in [2.75, 3.05) is 0 Å². The first-order chi connectivity index (χ1) is 8.08. The van der Waals surface area contributed by atoms with E-state index in [1.54, 1.807) is 18.5 Å². The van der Waals surface area contributed by atoms with Crippen molar-refractivity contribution in [2.24, 2.45) is 0 Å². The van der Waals surface area contributed by atoms with Gasteiger partial charge in [-0.2, -0.15) is 0 Å². The molecule has 0 aliphatic heterocycles. The van der Waals surface area contributed by atoms with Gasteiger partial charge in [-0.1, -0.05) is 11.6 Å². The summed E-state index contributed by atoms with van der Waals surface area (Å²) in [5.41, 5.74) is 0. The Balaban J connectivity index is 2.37. The molecule has 0 fully saturated rings. The summed E-state index contributed by atoms with van der Waals surface area (Å²) in [6.45, 7) is 0. The van der Waals surface area contributed by atoms with Gasteiger partial charge in [-0.15, -0.1) is 0 Å². The van der Waals surface area contributed by atoms with Crippen LogP contribution in [0.1, 0.15) is 0 Å². The van der Waals surface area contributed by atoms with E-state index in [-0.39, 0.29) is 5.02 Å². The highest BCUT2D eigenvalue weighted by Gasteiger charge is 2.10. The predicted molar refractivity (Wildman–Crippen MR) is 71.1 cm³/mol. The fourth-order valence-corrected chi connectivity index (χ4v) is 2.20. The van der Waals surface area contributed by atoms with Gasteiger partial charge in [0.15, 0.2) is 0 Å². The molecule has 0 aliphatic rings. The molecule has 0 spiro atoms. The second-order valence-electron chi connectivity index (χ2n) is 3.10. The Hall–Kier alpha value is -0.650. The molecule has 0 saturated heterocycles. The molecule has 0 N–H and O–H groups in total. The van der Waals surface area contributed by atoms with Gasteiger partial charge in [-0.25, -0.2) is 4.39 Å². The van der Waals surface area contributed by atoms with Gasteiger partial charge in [0, 0.05) is 24.5 Å². The SMILES string of the molecule is Fc1cc(Oc2ccncc2Br)c(Br)cc1Cl. The Bertz CT molecular complexity index is 565. The minimum atomic E-state index is -0.532. The molecule has 0 aliphatic carbocycles. The first-order valence-corrected chi connectivity index (χ1v) is 6.46. The molecule has 0 unspecified atom stereocenters. The summed E-state index contributed by atoms with van der Waals surface area (Å²) >= 11 is 12.2. The second-order valence-corrected chi connectivity index (χ2v) is 5.22. The van der Waals surface area contributed by atoms with Crippen LogP contribution in [0.5, 0.6) is 11.5 Å². The first kappa shape index (κ1) is 12.8. The van der Waals surface area contributed by atoms with Crippen LogP contribution in [0.2, 0.25) is 5.02 Å². The first-order valence-electron chi connectivity index (χ1n) is 4.50. The largest absolute Gasteiger partial charge is 0.455 e. The number of halogens is 4. The van der Waals surface area contributed by atoms with E-state index in [0.29, 0.717) is 20.4 Å². The minimum absolute atomic E-state index is 0.0398. The monoisotopic (exact) mass is 379 g/mol. The second kappa shape index (κ2) is 5.33. The molecular formula is C11H5Br2ClFNO. The third-order valence-corrected chi connectivity index (χ3v) is 3.43. The van der Waals surface area contributed by atoms with E-state index in [4.69, 9.17) is 16.3 Å². The molecule has 2 aromatic rings. The standard InChI is InChI=1S/C11H5Br2ClFNO/c12-6-3-8(14)9(15)4-11(6)17-10-1-2-16-5-7(10)13/h1-5H. The van der Waals surface area contributed by atoms with E-state index in [9.17, 15) is 4.39 Å². The van der Waals surface area contributed by atoms with Crippen molar-refractivity contribution in [1.29, 1.82) is 0 Å². The summed E-state index contributed by atoms with van der Waals surface area (Å²) in [6.07, 6.45) is 3.18. The molecule has 0 atom stereocenters. The van der Waals surface area contributed by atoms with Crippen LogP contribution in [-0.2, 0) is 0 Å². The summed E-state index contributed by atoms with van der Waals surface area (Å²) in [5.74, 6) is 0.358. The number of ether oxygens (including phenoxy) is 1. The van der Waals surface area contributed by atoms with Gasteiger partial charge >= 0.3 is 0 Å². The van der Waals surface area contributed by atoms with Gasteiger partial charge in [0.25, 0.3) is 0 Å². The lowest BCUT2D eigenvalue weighted by atomic mass is 10.3. The number of hydrogen-bond acceptors (Lipinski definition) is 2. The molecule has 1 aromatic heterocycles. The maximum absolute atomic E-state index is 13.3. The maximum atomic E-state index is 13.3. The Kier molecular flexibility index (Phi) is 4.01. The van der Waals surface area contributed by atoms with Crippen LogP contribution in [-0.4, -0.2) is 4.98 Å². The summed E-state index contributed by atoms with van der Waals surface area (Å²) in [6, 6.07) is 4.34. The lowest BCUT2D eigenvalue weighted by molar-refractivity contribution is 0.470. The summed E-state index contributed by atoms with van der Waals surface area (Å²) in [7, 11) is 0. The van der Waals surface area contributed by atoms with Crippen LogP contribution in [0, 0.1) is 5.82 Å². The van der Waals surface area contributed by atoms with Crippen molar-refractivity contribution in [2.45, 2.75) is 0 Å². The van der Waals surface area contributed by atoms with E-state index >= 15 is 0 Å². The van der Waals surface area contributed by atoms with Crippen molar-refractivity contribution in [3.63, 3.8) is 0 Å². The van der Waals surface area contributed by atoms with Crippen molar-refractivity contribution >= 4 is 43.5 Å². The van der Waals surface area contributed by atoms with Crippen molar-refractivity contribution in [3.05, 3.63) is 50.4 Å². The lowest BCUT2D eigenvalue weighted by Gasteiger charge is -2.09. The van der Waals surface area contributed by atoms with Gasteiger partial charge in [-0.3, -0.25) is 4.98 Å². The highest BCUT2D eigenvalue weighted by atomic mass is 79.9. The molecule has 88 valence electrons. The highest BCUT2D eigenvalue weighted by molar-refractivity contribution is 9.11. The molecule has 6 heteroatoms. The molecule has 0 bridgehead atoms. The number of aromatic nitrogens is 1. The van der Waals surface area contributed by atoms with E-state index in [0.717, 1.165) is 0 Å². The van der Waals surface area contributed by atoms with Gasteiger partial charge in [0.1, 0.15) is 17.3 Å². The molecule has 1 heterocycles. The zero-order chi connectivity index (χ0) is 12.4. The third kappa shape index (κ3) is 2.97. The molecule has 1 aromatic carbocycles. The van der Waals surface area contributed by atoms with Crippen LogP contribution in [0.4, 0.5) is 4.39 Å². The molecule has 2 nitrogen and oxygen atoms in total. The van der Waals surface area contributed by atoms with Crippen molar-refractivity contribution < 1.29 is 9.13 Å². The molecule has 0 saturated carbocycles. The zero-order valence-electron chi connectivity index (χ0n) is 8.25. The smallest absolute Gasteiger partial charge is 0.145 e. The fraction of sp³-hybridized carbons (Fsp3) is 0. The molecule has 0 amide bonds. The predicted octanol–water partition coefficient (Wildman–Crippen LogP) is 5.19. The van der Waals surface area contributed by atoms with Crippen LogP contribution >= 0.6 is 43.5 Å².